The van der Waals surface area contributed by atoms with E-state index in [0.29, 0.717) is 58.7 Å². The number of aromatic amines is 1. The first kappa shape index (κ1) is 18.9. The molecule has 8 heteroatoms. The zero-order valence-corrected chi connectivity index (χ0v) is 16.1. The molecule has 0 unspecified atom stereocenters. The number of aromatic nitrogens is 1. The Labute approximate surface area is 166 Å². The average Bonchev–Trinajstić information content (AvgIpc) is 3.13. The van der Waals surface area contributed by atoms with Gasteiger partial charge in [0, 0.05) is 41.6 Å². The molecule has 1 aromatic heterocycles. The Morgan fingerprint density at radius 1 is 1.28 bits per heavy atom. The number of piperidine rings is 1. The summed E-state index contributed by atoms with van der Waals surface area (Å²) < 4.78 is 13.6. The molecule has 4 N–H and O–H groups in total. The van der Waals surface area contributed by atoms with Gasteiger partial charge >= 0.3 is 0 Å². The number of benzene rings is 1. The van der Waals surface area contributed by atoms with Crippen LogP contribution in [0.25, 0.3) is 11.6 Å². The van der Waals surface area contributed by atoms with Gasteiger partial charge in [0.2, 0.25) is 5.91 Å². The van der Waals surface area contributed by atoms with Crippen molar-refractivity contribution < 1.29 is 18.8 Å². The highest BCUT2D eigenvalue weighted by Crippen LogP contribution is 2.34. The van der Waals surface area contributed by atoms with Crippen molar-refractivity contribution in [3.63, 3.8) is 0 Å². The lowest BCUT2D eigenvalue weighted by Crippen LogP contribution is -2.47. The number of carbonyl (C=O) groups is 3. The number of amides is 3. The topological polar surface area (TPSA) is 103 Å². The van der Waals surface area contributed by atoms with Crippen LogP contribution in [0.1, 0.15) is 45.7 Å². The second kappa shape index (κ2) is 7.20. The second-order valence-corrected chi connectivity index (χ2v) is 7.38. The van der Waals surface area contributed by atoms with Crippen LogP contribution in [0.5, 0.6) is 0 Å². The molecule has 1 atom stereocenters. The predicted molar refractivity (Wildman–Crippen MR) is 107 cm³/mol. The molecular weight excluding hydrogens is 375 g/mol. The molecule has 0 bridgehead atoms. The fourth-order valence-corrected chi connectivity index (χ4v) is 3.82. The lowest BCUT2D eigenvalue weighted by atomic mass is 10.0. The van der Waals surface area contributed by atoms with Crippen LogP contribution in [0.15, 0.2) is 18.2 Å². The zero-order chi connectivity index (χ0) is 20.7. The molecule has 2 aliphatic heterocycles. The van der Waals surface area contributed by atoms with E-state index < -0.39 is 5.82 Å². The molecule has 7 nitrogen and oxygen atoms in total. The molecule has 3 amide bonds. The second-order valence-electron chi connectivity index (χ2n) is 7.38. The molecule has 2 aliphatic rings. The summed E-state index contributed by atoms with van der Waals surface area (Å²) in [5.74, 6) is -0.985. The van der Waals surface area contributed by atoms with Crippen molar-refractivity contribution in [3.05, 3.63) is 52.1 Å². The average molecular weight is 396 g/mol. The fourth-order valence-electron chi connectivity index (χ4n) is 3.82. The van der Waals surface area contributed by atoms with Crippen molar-refractivity contribution in [2.24, 2.45) is 0 Å². The number of hydrogen-bond donors (Lipinski definition) is 4. The molecule has 0 spiro atoms. The minimum atomic E-state index is -0.426. The van der Waals surface area contributed by atoms with E-state index in [-0.39, 0.29) is 23.8 Å². The molecule has 1 saturated heterocycles. The summed E-state index contributed by atoms with van der Waals surface area (Å²) in [5, 5.41) is 8.41. The van der Waals surface area contributed by atoms with Crippen molar-refractivity contribution in [1.82, 2.24) is 15.6 Å². The van der Waals surface area contributed by atoms with E-state index in [4.69, 9.17) is 0 Å². The van der Waals surface area contributed by atoms with E-state index in [2.05, 4.69) is 20.9 Å². The molecule has 150 valence electrons. The summed E-state index contributed by atoms with van der Waals surface area (Å²) in [4.78, 5) is 39.6. The van der Waals surface area contributed by atoms with Gasteiger partial charge < -0.3 is 20.9 Å². The van der Waals surface area contributed by atoms with Gasteiger partial charge in [0.25, 0.3) is 11.8 Å². The highest BCUT2D eigenvalue weighted by molar-refractivity contribution is 6.34. The van der Waals surface area contributed by atoms with Crippen LogP contribution >= 0.6 is 0 Å². The monoisotopic (exact) mass is 396 g/mol. The van der Waals surface area contributed by atoms with Gasteiger partial charge in [-0.15, -0.1) is 0 Å². The number of fused-ring (bicyclic) bond motifs is 1. The molecule has 3 heterocycles. The number of aryl methyl sites for hydroxylation is 1. The SMILES string of the molecule is Cc1[nH]c(/C=C2\C(=O)Nc3ccc(F)cc32)c(C)c1C(=O)N[C@H]1CCC(=O)NC1. The highest BCUT2D eigenvalue weighted by atomic mass is 19.1. The number of halogens is 1. The van der Waals surface area contributed by atoms with E-state index in [1.165, 1.54) is 18.2 Å². The molecule has 1 fully saturated rings. The lowest BCUT2D eigenvalue weighted by molar-refractivity contribution is -0.122. The van der Waals surface area contributed by atoms with Crippen LogP contribution in [0.2, 0.25) is 0 Å². The Bertz CT molecular complexity index is 1060. The van der Waals surface area contributed by atoms with Crippen molar-refractivity contribution >= 4 is 35.1 Å². The van der Waals surface area contributed by atoms with Gasteiger partial charge in [-0.2, -0.15) is 0 Å². The maximum Gasteiger partial charge on any atom is 0.256 e. The molecule has 4 rings (SSSR count). The minimum Gasteiger partial charge on any atom is -0.358 e. The number of carbonyl (C=O) groups excluding carboxylic acids is 3. The summed E-state index contributed by atoms with van der Waals surface area (Å²) in [5.41, 5.74) is 3.88. The van der Waals surface area contributed by atoms with Crippen molar-refractivity contribution in [2.75, 3.05) is 11.9 Å². The van der Waals surface area contributed by atoms with Crippen molar-refractivity contribution in [1.29, 1.82) is 0 Å². The number of rotatable bonds is 3. The predicted octanol–water partition coefficient (Wildman–Crippen LogP) is 2.27. The van der Waals surface area contributed by atoms with E-state index in [1.54, 1.807) is 19.9 Å². The quantitative estimate of drug-likeness (QED) is 0.599. The lowest BCUT2D eigenvalue weighted by Gasteiger charge is -2.23. The Morgan fingerprint density at radius 3 is 2.79 bits per heavy atom. The molecule has 29 heavy (non-hydrogen) atoms. The van der Waals surface area contributed by atoms with Crippen LogP contribution in [0.4, 0.5) is 10.1 Å². The largest absolute Gasteiger partial charge is 0.358 e. The van der Waals surface area contributed by atoms with E-state index >= 15 is 0 Å². The molecule has 0 saturated carbocycles. The molecule has 0 radical (unpaired) electrons. The van der Waals surface area contributed by atoms with E-state index in [0.717, 1.165) is 0 Å². The maximum absolute atomic E-state index is 13.6. The minimum absolute atomic E-state index is 0.00928. The first-order valence-electron chi connectivity index (χ1n) is 9.43. The van der Waals surface area contributed by atoms with E-state index in [1.807, 2.05) is 0 Å². The van der Waals surface area contributed by atoms with Gasteiger partial charge in [0.1, 0.15) is 5.82 Å². The van der Waals surface area contributed by atoms with Gasteiger partial charge in [0.15, 0.2) is 0 Å². The molecular formula is C21H21FN4O3. The Hall–Kier alpha value is -3.42. The van der Waals surface area contributed by atoms with Crippen LogP contribution in [-0.2, 0) is 9.59 Å². The number of anilines is 1. The van der Waals surface area contributed by atoms with E-state index in [9.17, 15) is 18.8 Å². The molecule has 2 aromatic rings. The Balaban J connectivity index is 1.62. The number of hydrogen-bond acceptors (Lipinski definition) is 3. The van der Waals surface area contributed by atoms with Gasteiger partial charge in [-0.1, -0.05) is 0 Å². The van der Waals surface area contributed by atoms with Gasteiger partial charge in [-0.25, -0.2) is 4.39 Å². The third kappa shape index (κ3) is 3.53. The third-order valence-corrected chi connectivity index (χ3v) is 5.36. The molecule has 1 aromatic carbocycles. The molecule has 0 aliphatic carbocycles. The number of nitrogens with one attached hydrogen (secondary N) is 4. The van der Waals surface area contributed by atoms with Gasteiger partial charge in [-0.05, 0) is 50.1 Å². The Morgan fingerprint density at radius 2 is 2.07 bits per heavy atom. The summed E-state index contributed by atoms with van der Waals surface area (Å²) in [6.07, 6.45) is 2.62. The highest BCUT2D eigenvalue weighted by Gasteiger charge is 2.27. The van der Waals surface area contributed by atoms with Crippen LogP contribution < -0.4 is 16.0 Å². The first-order chi connectivity index (χ1) is 13.8. The summed E-state index contributed by atoms with van der Waals surface area (Å²) >= 11 is 0. The van der Waals surface area contributed by atoms with Gasteiger partial charge in [-0.3, -0.25) is 14.4 Å². The fraction of sp³-hybridized carbons (Fsp3) is 0.286. The Kier molecular flexibility index (Phi) is 4.70. The smallest absolute Gasteiger partial charge is 0.256 e. The van der Waals surface area contributed by atoms with Crippen molar-refractivity contribution in [2.45, 2.75) is 32.7 Å². The maximum atomic E-state index is 13.6. The number of H-pyrrole nitrogens is 1. The van der Waals surface area contributed by atoms with Crippen LogP contribution in [0, 0.1) is 19.7 Å². The summed E-state index contributed by atoms with van der Waals surface area (Å²) in [6, 6.07) is 4.02. The van der Waals surface area contributed by atoms with Crippen LogP contribution in [-0.4, -0.2) is 35.3 Å². The van der Waals surface area contributed by atoms with Crippen molar-refractivity contribution in [3.8, 4) is 0 Å². The zero-order valence-electron chi connectivity index (χ0n) is 16.1. The first-order valence-corrected chi connectivity index (χ1v) is 9.43. The normalized spacial score (nSPS) is 19.7. The van der Waals surface area contributed by atoms with Gasteiger partial charge in [0.05, 0.1) is 11.1 Å². The van der Waals surface area contributed by atoms with Crippen LogP contribution in [0.3, 0.4) is 0 Å². The third-order valence-electron chi connectivity index (χ3n) is 5.36. The summed E-state index contributed by atoms with van der Waals surface area (Å²) in [7, 11) is 0. The summed E-state index contributed by atoms with van der Waals surface area (Å²) in [6.45, 7) is 3.99. The standard InChI is InChI=1S/C21H21FN4O3/c1-10-17(8-15-14-7-12(22)3-5-16(14)26-20(15)28)24-11(2)19(10)21(29)25-13-4-6-18(27)23-9-13/h3,5,7-8,13,24H,4,6,9H2,1-2H3,(H,23,27)(H,25,29)(H,26,28)/b15-8-/t13-/m0/s1.